The molecule has 0 aliphatic rings. The van der Waals surface area contributed by atoms with Crippen molar-refractivity contribution in [2.75, 3.05) is 6.54 Å². The van der Waals surface area contributed by atoms with Crippen LogP contribution in [-0.2, 0) is 4.74 Å². The zero-order valence-electron chi connectivity index (χ0n) is 11.1. The van der Waals surface area contributed by atoms with E-state index in [9.17, 15) is 0 Å². The molecule has 3 unspecified atom stereocenters. The van der Waals surface area contributed by atoms with Crippen molar-refractivity contribution in [1.82, 2.24) is 4.90 Å². The lowest BCUT2D eigenvalue weighted by molar-refractivity contribution is -0.0799. The van der Waals surface area contributed by atoms with Gasteiger partial charge in [-0.1, -0.05) is 18.5 Å². The Morgan fingerprint density at radius 3 is 2.12 bits per heavy atom. The fourth-order valence-electron chi connectivity index (χ4n) is 2.09. The summed E-state index contributed by atoms with van der Waals surface area (Å²) in [6, 6.07) is 1.10. The standard InChI is InChI=1S/C12H26ClNO2/c1-6-14(9(2)3)10(4)7-8-11(5)16-12(13)15/h9-12,15H,6-8H2,1-5H3. The van der Waals surface area contributed by atoms with Gasteiger partial charge in [-0.2, -0.15) is 0 Å². The second kappa shape index (κ2) is 8.29. The SMILES string of the molecule is CCN(C(C)C)C(C)CCC(C)OC(O)Cl. The van der Waals surface area contributed by atoms with Crippen LogP contribution in [0.3, 0.4) is 0 Å². The number of rotatable bonds is 8. The topological polar surface area (TPSA) is 32.7 Å². The largest absolute Gasteiger partial charge is 0.356 e. The Bertz CT molecular complexity index is 176. The highest BCUT2D eigenvalue weighted by Gasteiger charge is 2.16. The molecule has 0 spiro atoms. The maximum atomic E-state index is 8.86. The third-order valence-corrected chi connectivity index (χ3v) is 3.03. The van der Waals surface area contributed by atoms with Crippen molar-refractivity contribution in [3.05, 3.63) is 0 Å². The summed E-state index contributed by atoms with van der Waals surface area (Å²) >= 11 is 5.35. The van der Waals surface area contributed by atoms with Crippen LogP contribution in [0.15, 0.2) is 0 Å². The van der Waals surface area contributed by atoms with Crippen molar-refractivity contribution in [3.8, 4) is 0 Å². The van der Waals surface area contributed by atoms with E-state index in [2.05, 4.69) is 32.6 Å². The minimum Gasteiger partial charge on any atom is -0.356 e. The Balaban J connectivity index is 3.90. The Kier molecular flexibility index (Phi) is 8.38. The highest BCUT2D eigenvalue weighted by atomic mass is 35.5. The Morgan fingerprint density at radius 2 is 1.75 bits per heavy atom. The van der Waals surface area contributed by atoms with Gasteiger partial charge in [-0.25, -0.2) is 0 Å². The van der Waals surface area contributed by atoms with Gasteiger partial charge >= 0.3 is 0 Å². The number of hydrogen-bond acceptors (Lipinski definition) is 3. The van der Waals surface area contributed by atoms with Crippen molar-refractivity contribution in [2.24, 2.45) is 0 Å². The van der Waals surface area contributed by atoms with E-state index in [-0.39, 0.29) is 6.10 Å². The molecule has 4 heteroatoms. The van der Waals surface area contributed by atoms with E-state index in [4.69, 9.17) is 21.4 Å². The van der Waals surface area contributed by atoms with Crippen molar-refractivity contribution in [2.45, 2.75) is 71.4 Å². The summed E-state index contributed by atoms with van der Waals surface area (Å²) in [6.45, 7) is 11.8. The van der Waals surface area contributed by atoms with Crippen LogP contribution in [0.2, 0.25) is 0 Å². The molecule has 1 N–H and O–H groups in total. The first-order valence-corrected chi connectivity index (χ1v) is 6.55. The van der Waals surface area contributed by atoms with Gasteiger partial charge in [-0.3, -0.25) is 4.90 Å². The Morgan fingerprint density at radius 1 is 1.19 bits per heavy atom. The zero-order valence-corrected chi connectivity index (χ0v) is 11.9. The number of aliphatic hydroxyl groups excluding tert-OH is 1. The summed E-state index contributed by atoms with van der Waals surface area (Å²) in [6.07, 6.45) is 1.96. The average Bonchev–Trinajstić information content (AvgIpc) is 2.14. The first kappa shape index (κ1) is 16.2. The minimum absolute atomic E-state index is 0.000758. The summed E-state index contributed by atoms with van der Waals surface area (Å²) in [4.78, 5) is 2.45. The molecular weight excluding hydrogens is 226 g/mol. The quantitative estimate of drug-likeness (QED) is 0.532. The Hall–Kier alpha value is 0.170. The molecule has 0 saturated heterocycles. The lowest BCUT2D eigenvalue weighted by atomic mass is 10.1. The number of alkyl halides is 1. The highest BCUT2D eigenvalue weighted by Crippen LogP contribution is 2.14. The van der Waals surface area contributed by atoms with Gasteiger partial charge in [-0.15, -0.1) is 0 Å². The van der Waals surface area contributed by atoms with Gasteiger partial charge in [0.15, 0.2) is 0 Å². The van der Waals surface area contributed by atoms with Crippen LogP contribution in [0.1, 0.15) is 47.5 Å². The molecule has 0 bridgehead atoms. The van der Waals surface area contributed by atoms with Crippen molar-refractivity contribution in [3.63, 3.8) is 0 Å². The third kappa shape index (κ3) is 6.69. The van der Waals surface area contributed by atoms with Crippen molar-refractivity contribution in [1.29, 1.82) is 0 Å². The fraction of sp³-hybridized carbons (Fsp3) is 1.00. The molecular formula is C12H26ClNO2. The molecule has 0 aliphatic carbocycles. The molecule has 3 nitrogen and oxygen atoms in total. The number of hydrogen-bond donors (Lipinski definition) is 1. The maximum absolute atomic E-state index is 8.86. The predicted molar refractivity (Wildman–Crippen MR) is 68.6 cm³/mol. The molecule has 0 heterocycles. The molecule has 0 amide bonds. The van der Waals surface area contributed by atoms with Crippen LogP contribution >= 0.6 is 11.6 Å². The number of aliphatic hydroxyl groups is 1. The van der Waals surface area contributed by atoms with E-state index in [0.717, 1.165) is 19.4 Å². The average molecular weight is 252 g/mol. The number of halogens is 1. The van der Waals surface area contributed by atoms with Gasteiger partial charge in [0.2, 0.25) is 5.75 Å². The molecule has 0 saturated carbocycles. The minimum atomic E-state index is -1.18. The van der Waals surface area contributed by atoms with Crippen molar-refractivity contribution < 1.29 is 9.84 Å². The predicted octanol–water partition coefficient (Wildman–Crippen LogP) is 2.81. The second-order valence-corrected chi connectivity index (χ2v) is 4.96. The lowest BCUT2D eigenvalue weighted by Gasteiger charge is -2.32. The van der Waals surface area contributed by atoms with Gasteiger partial charge in [0.25, 0.3) is 0 Å². The molecule has 0 aromatic heterocycles. The van der Waals surface area contributed by atoms with E-state index in [1.165, 1.54) is 0 Å². The van der Waals surface area contributed by atoms with Crippen LogP contribution < -0.4 is 0 Å². The zero-order chi connectivity index (χ0) is 12.7. The third-order valence-electron chi connectivity index (χ3n) is 2.93. The van der Waals surface area contributed by atoms with Crippen LogP contribution in [0, 0.1) is 0 Å². The van der Waals surface area contributed by atoms with Gasteiger partial charge in [0.1, 0.15) is 0 Å². The maximum Gasteiger partial charge on any atom is 0.234 e. The van der Waals surface area contributed by atoms with Gasteiger partial charge < -0.3 is 9.84 Å². The summed E-state index contributed by atoms with van der Waals surface area (Å²) in [5.74, 6) is -1.18. The number of nitrogens with zero attached hydrogens (tertiary/aromatic N) is 1. The lowest BCUT2D eigenvalue weighted by Crippen LogP contribution is -2.38. The molecule has 0 aliphatic heterocycles. The second-order valence-electron chi connectivity index (χ2n) is 4.59. The smallest absolute Gasteiger partial charge is 0.234 e. The molecule has 0 aromatic carbocycles. The monoisotopic (exact) mass is 251 g/mol. The molecule has 0 rings (SSSR count). The summed E-state index contributed by atoms with van der Waals surface area (Å²) in [7, 11) is 0. The van der Waals surface area contributed by atoms with E-state index >= 15 is 0 Å². The summed E-state index contributed by atoms with van der Waals surface area (Å²) in [5, 5.41) is 8.86. The first-order chi connectivity index (χ1) is 7.38. The van der Waals surface area contributed by atoms with Crippen molar-refractivity contribution >= 4 is 11.6 Å². The van der Waals surface area contributed by atoms with E-state index in [1.54, 1.807) is 0 Å². The van der Waals surface area contributed by atoms with E-state index in [0.29, 0.717) is 12.1 Å². The van der Waals surface area contributed by atoms with Crippen LogP contribution in [0.25, 0.3) is 0 Å². The van der Waals surface area contributed by atoms with Gasteiger partial charge in [0.05, 0.1) is 6.10 Å². The van der Waals surface area contributed by atoms with Crippen LogP contribution in [0.4, 0.5) is 0 Å². The normalized spacial score (nSPS) is 17.8. The van der Waals surface area contributed by atoms with E-state index < -0.39 is 5.75 Å². The summed E-state index contributed by atoms with van der Waals surface area (Å²) < 4.78 is 5.08. The van der Waals surface area contributed by atoms with E-state index in [1.807, 2.05) is 6.92 Å². The fourth-order valence-corrected chi connectivity index (χ4v) is 2.26. The first-order valence-electron chi connectivity index (χ1n) is 6.11. The van der Waals surface area contributed by atoms with Gasteiger partial charge in [0, 0.05) is 12.1 Å². The molecule has 16 heavy (non-hydrogen) atoms. The molecule has 0 fully saturated rings. The molecule has 98 valence electrons. The molecule has 0 radical (unpaired) electrons. The van der Waals surface area contributed by atoms with Gasteiger partial charge in [-0.05, 0) is 47.1 Å². The molecule has 3 atom stereocenters. The van der Waals surface area contributed by atoms with Crippen LogP contribution in [0.5, 0.6) is 0 Å². The number of ether oxygens (including phenoxy) is 1. The van der Waals surface area contributed by atoms with Crippen LogP contribution in [-0.4, -0.2) is 40.5 Å². The molecule has 0 aromatic rings. The summed E-state index contributed by atoms with van der Waals surface area (Å²) in [5.41, 5.74) is 0. The highest BCUT2D eigenvalue weighted by molar-refractivity contribution is 6.18. The Labute approximate surface area is 105 Å².